The summed E-state index contributed by atoms with van der Waals surface area (Å²) in [5, 5.41) is 31.8. The number of benzene rings is 4. The summed E-state index contributed by atoms with van der Waals surface area (Å²) in [5.74, 6) is -52.0. The first-order chi connectivity index (χ1) is 35.2. The highest BCUT2D eigenvalue weighted by Crippen LogP contribution is 2.58. The third kappa shape index (κ3) is 8.46. The number of aromatic amines is 1. The molecule has 0 radical (unpaired) electrons. The number of allylic oxidation sites excluding steroid dienone is 10. The number of hydrogen-bond donors (Lipinski definition) is 4. The van der Waals surface area contributed by atoms with E-state index >= 15 is 17.6 Å². The predicted molar refractivity (Wildman–Crippen MR) is 240 cm³/mol. The second kappa shape index (κ2) is 18.3. The van der Waals surface area contributed by atoms with Crippen molar-refractivity contribution in [3.63, 3.8) is 0 Å². The molecule has 4 aliphatic rings. The number of aromatic nitrogens is 1. The normalized spacial score (nSPS) is 16.3. The van der Waals surface area contributed by atoms with E-state index < -0.39 is 94.9 Å². The summed E-state index contributed by atoms with van der Waals surface area (Å²) in [6.07, 6.45) is 2.07. The number of alkyl halides is 12. The molecule has 4 aromatic carbocycles. The van der Waals surface area contributed by atoms with Gasteiger partial charge < -0.3 is 25.0 Å². The Morgan fingerprint density at radius 1 is 0.507 bits per heavy atom. The van der Waals surface area contributed by atoms with Crippen LogP contribution in [0.25, 0.3) is 22.3 Å². The van der Waals surface area contributed by atoms with Crippen molar-refractivity contribution in [3.8, 4) is 23.0 Å². The Labute approximate surface area is 411 Å². The fourth-order valence-corrected chi connectivity index (χ4v) is 8.64. The van der Waals surface area contributed by atoms with Crippen molar-refractivity contribution >= 4 is 33.7 Å². The molecule has 0 saturated carbocycles. The highest BCUT2D eigenvalue weighted by atomic mass is 19.4. The van der Waals surface area contributed by atoms with Crippen molar-refractivity contribution in [3.05, 3.63) is 201 Å². The number of H-pyrrole nitrogens is 1. The Bertz CT molecular complexity index is 3490. The largest absolute Gasteiger partial charge is 0.508 e. The van der Waals surface area contributed by atoms with Crippen LogP contribution in [0.1, 0.15) is 40.1 Å². The molecule has 8 bridgehead atoms. The molecule has 388 valence electrons. The van der Waals surface area contributed by atoms with E-state index in [9.17, 15) is 68.0 Å². The summed E-state index contributed by atoms with van der Waals surface area (Å²) in [4.78, 5) is 12.8. The highest BCUT2D eigenvalue weighted by Gasteiger charge is 2.88. The van der Waals surface area contributed by atoms with E-state index in [1.807, 2.05) is 0 Å². The molecule has 4 heterocycles. The Morgan fingerprint density at radius 2 is 0.933 bits per heavy atom. The minimum atomic E-state index is -8.05. The number of aliphatic imine (C=N–C) groups is 2. The van der Waals surface area contributed by atoms with Crippen LogP contribution in [-0.4, -0.2) is 74.4 Å². The molecule has 0 atom stereocenters. The van der Waals surface area contributed by atoms with E-state index in [4.69, 9.17) is 4.99 Å². The number of rotatable bonds is 12. The van der Waals surface area contributed by atoms with Crippen molar-refractivity contribution in [2.45, 2.75) is 42.5 Å². The molecule has 5 aromatic rings. The van der Waals surface area contributed by atoms with Crippen LogP contribution in [0.4, 0.5) is 70.2 Å². The molecule has 0 amide bonds. The maximum atomic E-state index is 16.7. The summed E-state index contributed by atoms with van der Waals surface area (Å²) in [7, 11) is 0. The third-order valence-corrected chi connectivity index (χ3v) is 12.3. The smallest absolute Gasteiger partial charge is 0.384 e. The maximum absolute atomic E-state index is 16.7. The number of halogens is 16. The van der Waals surface area contributed by atoms with E-state index in [1.54, 1.807) is 48.6 Å². The van der Waals surface area contributed by atoms with Gasteiger partial charge in [-0.05, 0) is 107 Å². The maximum Gasteiger partial charge on any atom is 0.384 e. The molecular weight excluding hydrogens is 1030 g/mol. The zero-order chi connectivity index (χ0) is 54.3. The molecule has 75 heavy (non-hydrogen) atoms. The molecular formula is C52H29F16N3O4. The van der Waals surface area contributed by atoms with Gasteiger partial charge in [0.2, 0.25) is 11.6 Å². The average molecular weight is 1060 g/mol. The molecule has 0 saturated heterocycles. The van der Waals surface area contributed by atoms with Gasteiger partial charge in [-0.3, -0.25) is 0 Å². The van der Waals surface area contributed by atoms with Crippen LogP contribution in [-0.2, 0) is 0 Å². The van der Waals surface area contributed by atoms with Crippen molar-refractivity contribution in [1.29, 1.82) is 0 Å². The van der Waals surface area contributed by atoms with Gasteiger partial charge in [0.1, 0.15) is 17.2 Å². The number of phenols is 3. The lowest BCUT2D eigenvalue weighted by Gasteiger charge is -2.39. The Morgan fingerprint density at radius 3 is 1.37 bits per heavy atom. The first-order valence-electron chi connectivity index (χ1n) is 21.6. The van der Waals surface area contributed by atoms with Crippen molar-refractivity contribution in [2.75, 3.05) is 6.61 Å². The van der Waals surface area contributed by atoms with Crippen molar-refractivity contribution < 1.29 is 90.3 Å². The summed E-state index contributed by atoms with van der Waals surface area (Å²) in [6, 6.07) is 20.9. The fourth-order valence-electron chi connectivity index (χ4n) is 8.64. The number of nitrogens with one attached hydrogen (secondary N) is 1. The molecule has 3 aliphatic heterocycles. The lowest BCUT2D eigenvalue weighted by atomic mass is 9.90. The van der Waals surface area contributed by atoms with Crippen LogP contribution in [0.5, 0.6) is 23.0 Å². The van der Waals surface area contributed by atoms with Gasteiger partial charge in [0.25, 0.3) is 0 Å². The lowest BCUT2D eigenvalue weighted by Crippen LogP contribution is -2.69. The summed E-state index contributed by atoms with van der Waals surface area (Å²) in [6.45, 7) is -3.59. The van der Waals surface area contributed by atoms with E-state index in [-0.39, 0.29) is 62.2 Å². The second-order valence-electron chi connectivity index (χ2n) is 17.0. The summed E-state index contributed by atoms with van der Waals surface area (Å²) < 4.78 is 236. The van der Waals surface area contributed by atoms with Gasteiger partial charge in [0.15, 0.2) is 24.0 Å². The zero-order valence-electron chi connectivity index (χ0n) is 37.2. The first kappa shape index (κ1) is 51.7. The Balaban J connectivity index is 1.25. The van der Waals surface area contributed by atoms with Gasteiger partial charge in [0.05, 0.1) is 28.4 Å². The molecule has 1 aliphatic carbocycles. The molecule has 0 unspecified atom stereocenters. The second-order valence-corrected chi connectivity index (χ2v) is 17.0. The van der Waals surface area contributed by atoms with Crippen LogP contribution >= 0.6 is 0 Å². The molecule has 1 aromatic heterocycles. The molecule has 7 nitrogen and oxygen atoms in total. The van der Waals surface area contributed by atoms with E-state index in [2.05, 4.69) is 14.7 Å². The van der Waals surface area contributed by atoms with Crippen molar-refractivity contribution in [2.24, 2.45) is 9.98 Å². The third-order valence-electron chi connectivity index (χ3n) is 12.3. The number of nitrogens with zero attached hydrogens (tertiary/aromatic N) is 2. The average Bonchev–Trinajstić information content (AvgIpc) is 4.20. The van der Waals surface area contributed by atoms with Gasteiger partial charge in [-0.15, -0.1) is 0 Å². The van der Waals surface area contributed by atoms with Crippen LogP contribution in [0.15, 0.2) is 154 Å². The topological polar surface area (TPSA) is 110 Å². The lowest BCUT2D eigenvalue weighted by molar-refractivity contribution is -0.414. The van der Waals surface area contributed by atoms with E-state index in [0.717, 1.165) is 6.08 Å². The van der Waals surface area contributed by atoms with Crippen LogP contribution in [0, 0.1) is 23.3 Å². The van der Waals surface area contributed by atoms with E-state index in [0.29, 0.717) is 28.1 Å². The molecule has 23 heteroatoms. The number of hydrogen-bond acceptors (Lipinski definition) is 6. The van der Waals surface area contributed by atoms with E-state index in [1.165, 1.54) is 66.8 Å². The number of fused-ring (bicyclic) bond motifs is 6. The standard InChI is InChI=1S/C52H29F16N3O4/c53-42-41(43(54)45(56)46(44(42)55)75-22-48(59,60)50(63,64)52(67,68)51(65,66)49(61,62)47(57)58)40-27-11-10-26(18-27)37(23-4-1-7-28(72)19-23)31-12-13-32(69-31)38(24-5-2-8-29(73)20-24)33-14-15-34(70-33)39(35-16-17-36(40)71-35)25-6-3-9-30(74)21-25/h1-17,19-21,47,70,72-74H,18,22H2. The molecule has 4 N–H and O–H groups in total. The summed E-state index contributed by atoms with van der Waals surface area (Å²) >= 11 is 0. The SMILES string of the molecule is Oc1cccc(C2=C3C=CC(=C(c4c(F)c(F)c(OCC(F)(F)C(F)(F)C(F)(F)C(F)(F)C(F)(F)C(F)F)c(F)c4F)C4=NC(=C(c5cccc(O)c5)c5ccc([nH]5)C(c5cccc(O)c5)=C5C=CC2=N5)C=C4)C3)c1. The van der Waals surface area contributed by atoms with Gasteiger partial charge in [0, 0.05) is 33.7 Å². The summed E-state index contributed by atoms with van der Waals surface area (Å²) in [5.41, 5.74) is 0.286. The molecule has 0 spiro atoms. The van der Waals surface area contributed by atoms with Gasteiger partial charge in [-0.2, -0.15) is 52.7 Å². The monoisotopic (exact) mass is 1060 g/mol. The van der Waals surface area contributed by atoms with Gasteiger partial charge >= 0.3 is 36.0 Å². The predicted octanol–water partition coefficient (Wildman–Crippen LogP) is 13.9. The fraction of sp³-hybridized carbons (Fsp3) is 0.154. The Kier molecular flexibility index (Phi) is 12.6. The highest BCUT2D eigenvalue weighted by molar-refractivity contribution is 6.34. The minimum Gasteiger partial charge on any atom is -0.508 e. The molecule has 9 rings (SSSR count). The van der Waals surface area contributed by atoms with Crippen LogP contribution < -0.4 is 4.74 Å². The Hall–Kier alpha value is -8.24. The van der Waals surface area contributed by atoms with Gasteiger partial charge in [-0.25, -0.2) is 27.5 Å². The van der Waals surface area contributed by atoms with Gasteiger partial charge in [-0.1, -0.05) is 48.6 Å². The quantitative estimate of drug-likeness (QED) is 0.0737. The van der Waals surface area contributed by atoms with Crippen LogP contribution in [0.2, 0.25) is 0 Å². The van der Waals surface area contributed by atoms with Crippen LogP contribution in [0.3, 0.4) is 0 Å². The first-order valence-corrected chi connectivity index (χ1v) is 21.6. The zero-order valence-corrected chi connectivity index (χ0v) is 37.2. The molecule has 0 fully saturated rings. The minimum absolute atomic E-state index is 0.0430. The number of ether oxygens (including phenoxy) is 1. The number of phenolic OH excluding ortho intramolecular Hbond substituents is 3. The van der Waals surface area contributed by atoms with Crippen molar-refractivity contribution in [1.82, 2.24) is 4.98 Å². The number of aromatic hydroxyl groups is 3.